The lowest BCUT2D eigenvalue weighted by atomic mass is 10.1. The number of amides is 2. The number of aromatic nitrogens is 1. The van der Waals surface area contributed by atoms with Gasteiger partial charge < -0.3 is 14.5 Å². The van der Waals surface area contributed by atoms with Gasteiger partial charge in [-0.1, -0.05) is 44.2 Å². The van der Waals surface area contributed by atoms with E-state index in [9.17, 15) is 9.59 Å². The maximum Gasteiger partial charge on any atom is 0.254 e. The summed E-state index contributed by atoms with van der Waals surface area (Å²) in [6.07, 6.45) is 3.08. The predicted octanol–water partition coefficient (Wildman–Crippen LogP) is 3.38. The zero-order valence-electron chi connectivity index (χ0n) is 17.2. The van der Waals surface area contributed by atoms with Crippen molar-refractivity contribution in [3.05, 3.63) is 59.8 Å². The Morgan fingerprint density at radius 2 is 1.72 bits per heavy atom. The molecule has 1 saturated heterocycles. The normalized spacial score (nSPS) is 14.2. The van der Waals surface area contributed by atoms with Gasteiger partial charge in [0.1, 0.15) is 6.61 Å². The fraction of sp³-hybridized carbons (Fsp3) is 0.435. The number of carbonyl (C=O) groups is 2. The van der Waals surface area contributed by atoms with Gasteiger partial charge in [-0.05, 0) is 24.0 Å². The summed E-state index contributed by atoms with van der Waals surface area (Å²) in [7, 11) is 0. The zero-order chi connectivity index (χ0) is 20.6. The summed E-state index contributed by atoms with van der Waals surface area (Å²) in [5.41, 5.74) is 1.60. The van der Waals surface area contributed by atoms with Crippen molar-refractivity contribution in [2.24, 2.45) is 5.92 Å². The smallest absolute Gasteiger partial charge is 0.254 e. The number of benzene rings is 1. The minimum atomic E-state index is -0.0498. The second-order valence-corrected chi connectivity index (χ2v) is 7.76. The molecule has 2 aromatic rings. The van der Waals surface area contributed by atoms with Gasteiger partial charge in [-0.25, -0.2) is 4.98 Å². The predicted molar refractivity (Wildman–Crippen MR) is 112 cm³/mol. The molecule has 2 amide bonds. The third kappa shape index (κ3) is 6.04. The monoisotopic (exact) mass is 395 g/mol. The van der Waals surface area contributed by atoms with Crippen LogP contribution in [0.2, 0.25) is 0 Å². The molecule has 0 aliphatic carbocycles. The number of rotatable bonds is 7. The van der Waals surface area contributed by atoms with Crippen LogP contribution in [-0.2, 0) is 11.4 Å². The van der Waals surface area contributed by atoms with Gasteiger partial charge in [-0.15, -0.1) is 0 Å². The molecule has 0 N–H and O–H groups in total. The Bertz CT molecular complexity index is 815. The molecule has 0 atom stereocenters. The van der Waals surface area contributed by atoms with Crippen LogP contribution in [0.3, 0.4) is 0 Å². The molecule has 0 radical (unpaired) electrons. The number of hydrogen-bond acceptors (Lipinski definition) is 4. The molecule has 2 heterocycles. The summed E-state index contributed by atoms with van der Waals surface area (Å²) in [5, 5.41) is 0. The molecule has 0 unspecified atom stereocenters. The van der Waals surface area contributed by atoms with Crippen LogP contribution in [0, 0.1) is 5.92 Å². The van der Waals surface area contributed by atoms with Gasteiger partial charge in [0.15, 0.2) is 0 Å². The lowest BCUT2D eigenvalue weighted by Gasteiger charge is -2.35. The van der Waals surface area contributed by atoms with Crippen LogP contribution in [0.5, 0.6) is 5.88 Å². The first-order valence-corrected chi connectivity index (χ1v) is 10.2. The number of hydrogen-bond donors (Lipinski definition) is 0. The first-order chi connectivity index (χ1) is 14.0. The Morgan fingerprint density at radius 1 is 1.03 bits per heavy atom. The number of nitrogens with zero attached hydrogens (tertiary/aromatic N) is 3. The molecule has 1 aromatic heterocycles. The summed E-state index contributed by atoms with van der Waals surface area (Å²) in [6.45, 7) is 6.93. The van der Waals surface area contributed by atoms with E-state index in [4.69, 9.17) is 4.74 Å². The third-order valence-corrected chi connectivity index (χ3v) is 5.07. The lowest BCUT2D eigenvalue weighted by molar-refractivity contribution is -0.132. The topological polar surface area (TPSA) is 62.7 Å². The average Bonchev–Trinajstić information content (AvgIpc) is 2.76. The van der Waals surface area contributed by atoms with Crippen molar-refractivity contribution in [1.82, 2.24) is 14.8 Å². The molecule has 1 aliphatic rings. The van der Waals surface area contributed by atoms with Crippen LogP contribution in [0.25, 0.3) is 0 Å². The number of pyridine rings is 1. The molecule has 1 aliphatic heterocycles. The van der Waals surface area contributed by atoms with Crippen LogP contribution >= 0.6 is 0 Å². The van der Waals surface area contributed by atoms with Crippen molar-refractivity contribution >= 4 is 11.8 Å². The van der Waals surface area contributed by atoms with Crippen molar-refractivity contribution in [2.75, 3.05) is 26.2 Å². The lowest BCUT2D eigenvalue weighted by Crippen LogP contribution is -2.50. The van der Waals surface area contributed by atoms with Crippen molar-refractivity contribution < 1.29 is 14.3 Å². The molecule has 0 bridgehead atoms. The fourth-order valence-electron chi connectivity index (χ4n) is 3.26. The van der Waals surface area contributed by atoms with E-state index in [0.717, 1.165) is 12.0 Å². The number of piperazine rings is 1. The summed E-state index contributed by atoms with van der Waals surface area (Å²) in [4.78, 5) is 33.0. The van der Waals surface area contributed by atoms with Crippen LogP contribution < -0.4 is 4.74 Å². The molecule has 3 rings (SSSR count). The van der Waals surface area contributed by atoms with Crippen molar-refractivity contribution in [3.8, 4) is 5.88 Å². The van der Waals surface area contributed by atoms with E-state index in [1.165, 1.54) is 0 Å². The SMILES string of the molecule is CC(C)CCC(=O)N1CCN(C(=O)c2ccnc(OCc3ccccc3)c2)CC1. The van der Waals surface area contributed by atoms with Crippen molar-refractivity contribution in [1.29, 1.82) is 0 Å². The van der Waals surface area contributed by atoms with Crippen LogP contribution in [0.1, 0.15) is 42.6 Å². The highest BCUT2D eigenvalue weighted by molar-refractivity contribution is 5.94. The van der Waals surface area contributed by atoms with Crippen LogP contribution in [0.4, 0.5) is 0 Å². The fourth-order valence-corrected chi connectivity index (χ4v) is 3.26. The zero-order valence-corrected chi connectivity index (χ0v) is 17.2. The Kier molecular flexibility index (Phi) is 7.22. The van der Waals surface area contributed by atoms with E-state index >= 15 is 0 Å². The van der Waals surface area contributed by atoms with Gasteiger partial charge in [0.25, 0.3) is 5.91 Å². The quantitative estimate of drug-likeness (QED) is 0.721. The Balaban J connectivity index is 1.52. The summed E-state index contributed by atoms with van der Waals surface area (Å²) >= 11 is 0. The van der Waals surface area contributed by atoms with Crippen LogP contribution in [-0.4, -0.2) is 52.8 Å². The third-order valence-electron chi connectivity index (χ3n) is 5.07. The highest BCUT2D eigenvalue weighted by Gasteiger charge is 2.25. The highest BCUT2D eigenvalue weighted by Crippen LogP contribution is 2.16. The maximum absolute atomic E-state index is 12.9. The molecule has 1 fully saturated rings. The van der Waals surface area contributed by atoms with E-state index < -0.39 is 0 Å². The molecular formula is C23H29N3O3. The second kappa shape index (κ2) is 10.0. The molecule has 0 spiro atoms. The number of ether oxygens (including phenoxy) is 1. The van der Waals surface area contributed by atoms with Gasteiger partial charge in [0, 0.05) is 50.4 Å². The van der Waals surface area contributed by atoms with E-state index in [0.29, 0.717) is 56.6 Å². The number of carbonyl (C=O) groups excluding carboxylic acids is 2. The van der Waals surface area contributed by atoms with E-state index in [1.807, 2.05) is 35.2 Å². The van der Waals surface area contributed by atoms with E-state index in [-0.39, 0.29) is 11.8 Å². The first-order valence-electron chi connectivity index (χ1n) is 10.2. The molecular weight excluding hydrogens is 366 g/mol. The molecule has 154 valence electrons. The van der Waals surface area contributed by atoms with Crippen LogP contribution in [0.15, 0.2) is 48.7 Å². The average molecular weight is 396 g/mol. The molecule has 6 heteroatoms. The van der Waals surface area contributed by atoms with Crippen molar-refractivity contribution in [2.45, 2.75) is 33.3 Å². The minimum absolute atomic E-state index is 0.0498. The summed E-state index contributed by atoms with van der Waals surface area (Å²) < 4.78 is 5.73. The Labute approximate surface area is 172 Å². The molecule has 6 nitrogen and oxygen atoms in total. The minimum Gasteiger partial charge on any atom is -0.473 e. The second-order valence-electron chi connectivity index (χ2n) is 7.76. The molecule has 29 heavy (non-hydrogen) atoms. The standard InChI is InChI=1S/C23H29N3O3/c1-18(2)8-9-22(27)25-12-14-26(15-13-25)23(28)20-10-11-24-21(16-20)29-17-19-6-4-3-5-7-19/h3-7,10-11,16,18H,8-9,12-15,17H2,1-2H3. The van der Waals surface area contributed by atoms with Gasteiger partial charge in [-0.3, -0.25) is 9.59 Å². The summed E-state index contributed by atoms with van der Waals surface area (Å²) in [5.74, 6) is 1.09. The van der Waals surface area contributed by atoms with Gasteiger partial charge in [-0.2, -0.15) is 0 Å². The molecule has 1 aromatic carbocycles. The highest BCUT2D eigenvalue weighted by atomic mass is 16.5. The first kappa shape index (κ1) is 20.8. The molecule has 0 saturated carbocycles. The van der Waals surface area contributed by atoms with E-state index in [2.05, 4.69) is 18.8 Å². The van der Waals surface area contributed by atoms with Gasteiger partial charge >= 0.3 is 0 Å². The largest absolute Gasteiger partial charge is 0.473 e. The Hall–Kier alpha value is -2.89. The maximum atomic E-state index is 12.9. The van der Waals surface area contributed by atoms with Crippen molar-refractivity contribution in [3.63, 3.8) is 0 Å². The van der Waals surface area contributed by atoms with Gasteiger partial charge in [0.05, 0.1) is 0 Å². The summed E-state index contributed by atoms with van der Waals surface area (Å²) in [6, 6.07) is 13.2. The van der Waals surface area contributed by atoms with Gasteiger partial charge in [0.2, 0.25) is 11.8 Å². The van der Waals surface area contributed by atoms with E-state index in [1.54, 1.807) is 23.2 Å². The Morgan fingerprint density at radius 3 is 2.41 bits per heavy atom.